The Labute approximate surface area is 139 Å². The largest absolute Gasteiger partial charge is 0.369 e. The second kappa shape index (κ2) is 5.56. The van der Waals surface area contributed by atoms with Crippen LogP contribution in [0.4, 0.5) is 5.82 Å². The zero-order chi connectivity index (χ0) is 16.0. The number of thiophene rings is 1. The lowest BCUT2D eigenvalue weighted by Crippen LogP contribution is -2.27. The van der Waals surface area contributed by atoms with E-state index in [1.165, 1.54) is 15.8 Å². The van der Waals surface area contributed by atoms with E-state index >= 15 is 0 Å². The molecule has 1 atom stereocenters. The SMILES string of the molecule is Cc1sc2ncnc(NCC3CCc4nnc(C)n4C3)c2c1C. The molecule has 120 valence electrons. The van der Waals surface area contributed by atoms with Crippen molar-refractivity contribution in [2.24, 2.45) is 5.92 Å². The second-order valence-corrected chi connectivity index (χ2v) is 7.45. The van der Waals surface area contributed by atoms with E-state index in [0.717, 1.165) is 48.2 Å². The maximum Gasteiger partial charge on any atom is 0.138 e. The van der Waals surface area contributed by atoms with Gasteiger partial charge in [0.15, 0.2) is 0 Å². The molecule has 0 aromatic carbocycles. The van der Waals surface area contributed by atoms with E-state index in [9.17, 15) is 0 Å². The van der Waals surface area contributed by atoms with Gasteiger partial charge in [0, 0.05) is 24.4 Å². The van der Waals surface area contributed by atoms with Gasteiger partial charge in [-0.1, -0.05) is 0 Å². The molecule has 1 N–H and O–H groups in total. The van der Waals surface area contributed by atoms with Crippen LogP contribution in [0.15, 0.2) is 6.33 Å². The smallest absolute Gasteiger partial charge is 0.138 e. The van der Waals surface area contributed by atoms with Crippen molar-refractivity contribution >= 4 is 27.4 Å². The van der Waals surface area contributed by atoms with Gasteiger partial charge in [-0.2, -0.15) is 0 Å². The van der Waals surface area contributed by atoms with Crippen LogP contribution in [0.1, 0.15) is 28.5 Å². The predicted molar refractivity (Wildman–Crippen MR) is 91.9 cm³/mol. The Balaban J connectivity index is 1.53. The lowest BCUT2D eigenvalue weighted by molar-refractivity contribution is 0.377. The quantitative estimate of drug-likeness (QED) is 0.800. The second-order valence-electron chi connectivity index (χ2n) is 6.25. The molecule has 0 fully saturated rings. The number of hydrogen-bond donors (Lipinski definition) is 1. The summed E-state index contributed by atoms with van der Waals surface area (Å²) < 4.78 is 2.24. The van der Waals surface area contributed by atoms with Crippen LogP contribution in [0.2, 0.25) is 0 Å². The fourth-order valence-electron chi connectivity index (χ4n) is 3.25. The topological polar surface area (TPSA) is 68.5 Å². The summed E-state index contributed by atoms with van der Waals surface area (Å²) >= 11 is 1.74. The number of aryl methyl sites for hydroxylation is 4. The van der Waals surface area contributed by atoms with Crippen molar-refractivity contribution in [1.29, 1.82) is 0 Å². The summed E-state index contributed by atoms with van der Waals surface area (Å²) in [6, 6.07) is 0. The first-order valence-electron chi connectivity index (χ1n) is 7.96. The normalized spacial score (nSPS) is 17.4. The van der Waals surface area contributed by atoms with Crippen molar-refractivity contribution in [3.05, 3.63) is 28.4 Å². The molecular weight excluding hydrogens is 308 g/mol. The van der Waals surface area contributed by atoms with E-state index < -0.39 is 0 Å². The number of anilines is 1. The highest BCUT2D eigenvalue weighted by atomic mass is 32.1. The van der Waals surface area contributed by atoms with Gasteiger partial charge in [0.1, 0.15) is 28.6 Å². The summed E-state index contributed by atoms with van der Waals surface area (Å²) in [6.45, 7) is 8.21. The van der Waals surface area contributed by atoms with Crippen LogP contribution in [-0.4, -0.2) is 31.3 Å². The summed E-state index contributed by atoms with van der Waals surface area (Å²) in [5.74, 6) is 3.66. The zero-order valence-electron chi connectivity index (χ0n) is 13.6. The van der Waals surface area contributed by atoms with Gasteiger partial charge >= 0.3 is 0 Å². The molecule has 0 saturated carbocycles. The number of fused-ring (bicyclic) bond motifs is 2. The van der Waals surface area contributed by atoms with Crippen molar-refractivity contribution in [3.63, 3.8) is 0 Å². The monoisotopic (exact) mass is 328 g/mol. The van der Waals surface area contributed by atoms with E-state index in [1.54, 1.807) is 17.7 Å². The Bertz CT molecular complexity index is 865. The molecule has 3 aromatic heterocycles. The molecule has 0 saturated heterocycles. The average molecular weight is 328 g/mol. The molecule has 1 aliphatic rings. The Hall–Kier alpha value is -2.02. The van der Waals surface area contributed by atoms with Gasteiger partial charge in [-0.3, -0.25) is 0 Å². The van der Waals surface area contributed by atoms with Gasteiger partial charge < -0.3 is 9.88 Å². The van der Waals surface area contributed by atoms with E-state index in [2.05, 4.69) is 43.9 Å². The lowest BCUT2D eigenvalue weighted by atomic mass is 9.99. The molecule has 6 nitrogen and oxygen atoms in total. The van der Waals surface area contributed by atoms with Crippen LogP contribution in [0, 0.1) is 26.7 Å². The molecule has 1 aliphatic heterocycles. The van der Waals surface area contributed by atoms with Crippen LogP contribution in [0.3, 0.4) is 0 Å². The Morgan fingerprint density at radius 1 is 1.26 bits per heavy atom. The first-order chi connectivity index (χ1) is 11.1. The third kappa shape index (κ3) is 2.49. The molecule has 4 rings (SSSR count). The highest BCUT2D eigenvalue weighted by Gasteiger charge is 2.22. The summed E-state index contributed by atoms with van der Waals surface area (Å²) in [6.07, 6.45) is 3.80. The minimum atomic E-state index is 0.572. The lowest BCUT2D eigenvalue weighted by Gasteiger charge is -2.24. The summed E-state index contributed by atoms with van der Waals surface area (Å²) in [7, 11) is 0. The molecule has 0 aliphatic carbocycles. The van der Waals surface area contributed by atoms with Crippen molar-refractivity contribution in [1.82, 2.24) is 24.7 Å². The fourth-order valence-corrected chi connectivity index (χ4v) is 4.25. The van der Waals surface area contributed by atoms with Crippen molar-refractivity contribution in [2.75, 3.05) is 11.9 Å². The van der Waals surface area contributed by atoms with Gasteiger partial charge in [0.25, 0.3) is 0 Å². The molecule has 23 heavy (non-hydrogen) atoms. The number of aromatic nitrogens is 5. The maximum atomic E-state index is 4.47. The fraction of sp³-hybridized carbons (Fsp3) is 0.500. The molecular formula is C16H20N6S. The van der Waals surface area contributed by atoms with Gasteiger partial charge in [0.2, 0.25) is 0 Å². The minimum Gasteiger partial charge on any atom is -0.369 e. The van der Waals surface area contributed by atoms with Crippen LogP contribution < -0.4 is 5.32 Å². The third-order valence-electron chi connectivity index (χ3n) is 4.75. The van der Waals surface area contributed by atoms with Crippen molar-refractivity contribution in [2.45, 2.75) is 40.2 Å². The predicted octanol–water partition coefficient (Wildman–Crippen LogP) is 2.88. The van der Waals surface area contributed by atoms with E-state index in [4.69, 9.17) is 0 Å². The summed E-state index contributed by atoms with van der Waals surface area (Å²) in [5.41, 5.74) is 1.29. The number of rotatable bonds is 3. The molecule has 0 bridgehead atoms. The van der Waals surface area contributed by atoms with Gasteiger partial charge in [0.05, 0.1) is 5.39 Å². The first-order valence-corrected chi connectivity index (χ1v) is 8.78. The van der Waals surface area contributed by atoms with Gasteiger partial charge in [-0.15, -0.1) is 21.5 Å². The number of nitrogens with one attached hydrogen (secondary N) is 1. The maximum absolute atomic E-state index is 4.47. The minimum absolute atomic E-state index is 0.572. The highest BCUT2D eigenvalue weighted by Crippen LogP contribution is 2.32. The van der Waals surface area contributed by atoms with E-state index in [-0.39, 0.29) is 0 Å². The van der Waals surface area contributed by atoms with Crippen LogP contribution in [0.5, 0.6) is 0 Å². The van der Waals surface area contributed by atoms with Crippen molar-refractivity contribution < 1.29 is 0 Å². The standard InChI is InChI=1S/C16H20N6S/c1-9-10(2)23-16-14(9)15(18-8-19-16)17-6-12-4-5-13-21-20-11(3)22(13)7-12/h8,12H,4-7H2,1-3H3,(H,17,18,19). The molecule has 0 spiro atoms. The Morgan fingerprint density at radius 3 is 3.00 bits per heavy atom. The summed E-state index contributed by atoms with van der Waals surface area (Å²) in [5, 5.41) is 13.1. The highest BCUT2D eigenvalue weighted by molar-refractivity contribution is 7.18. The molecule has 3 aromatic rings. The van der Waals surface area contributed by atoms with Crippen LogP contribution in [0.25, 0.3) is 10.2 Å². The van der Waals surface area contributed by atoms with Crippen LogP contribution >= 0.6 is 11.3 Å². The average Bonchev–Trinajstić information content (AvgIpc) is 3.06. The van der Waals surface area contributed by atoms with Crippen LogP contribution in [-0.2, 0) is 13.0 Å². The van der Waals surface area contributed by atoms with Gasteiger partial charge in [-0.05, 0) is 38.7 Å². The number of hydrogen-bond acceptors (Lipinski definition) is 6. The van der Waals surface area contributed by atoms with Crippen molar-refractivity contribution in [3.8, 4) is 0 Å². The zero-order valence-corrected chi connectivity index (χ0v) is 14.4. The third-order valence-corrected chi connectivity index (χ3v) is 5.87. The Morgan fingerprint density at radius 2 is 2.13 bits per heavy atom. The van der Waals surface area contributed by atoms with E-state index in [1.807, 2.05) is 6.92 Å². The molecule has 7 heteroatoms. The van der Waals surface area contributed by atoms with Gasteiger partial charge in [-0.25, -0.2) is 9.97 Å². The molecule has 0 amide bonds. The van der Waals surface area contributed by atoms with E-state index in [0.29, 0.717) is 5.92 Å². The summed E-state index contributed by atoms with van der Waals surface area (Å²) in [4.78, 5) is 11.2. The molecule has 0 radical (unpaired) electrons. The first kappa shape index (κ1) is 14.6. The number of nitrogens with zero attached hydrogens (tertiary/aromatic N) is 5. The molecule has 1 unspecified atom stereocenters. The molecule has 4 heterocycles. The Kier molecular flexibility index (Phi) is 3.52.